The molecule has 1 aromatic heterocycles. The molecule has 0 amide bonds. The molecule has 0 bridgehead atoms. The predicted octanol–water partition coefficient (Wildman–Crippen LogP) is 3.24. The van der Waals surface area contributed by atoms with E-state index in [0.29, 0.717) is 5.92 Å². The van der Waals surface area contributed by atoms with Gasteiger partial charge < -0.3 is 5.32 Å². The van der Waals surface area contributed by atoms with E-state index in [1.165, 1.54) is 18.7 Å². The third-order valence-corrected chi connectivity index (χ3v) is 3.95. The van der Waals surface area contributed by atoms with Crippen molar-refractivity contribution in [3.8, 4) is 6.07 Å². The predicted molar refractivity (Wildman–Crippen MR) is 75.3 cm³/mol. The minimum Gasteiger partial charge on any atom is -0.361 e. The van der Waals surface area contributed by atoms with Crippen LogP contribution in [0.3, 0.4) is 0 Å². The highest BCUT2D eigenvalue weighted by atomic mass is 16.6. The Balaban J connectivity index is 2.24. The maximum absolute atomic E-state index is 11.1. The van der Waals surface area contributed by atoms with Crippen LogP contribution in [0.1, 0.15) is 44.6 Å². The lowest BCUT2D eigenvalue weighted by Crippen LogP contribution is -2.32. The molecule has 6 nitrogen and oxygen atoms in total. The van der Waals surface area contributed by atoms with Gasteiger partial charge in [-0.2, -0.15) is 5.26 Å². The molecule has 0 saturated heterocycles. The number of nitriles is 1. The Kier molecular flexibility index (Phi) is 4.51. The first-order valence-electron chi connectivity index (χ1n) is 6.96. The van der Waals surface area contributed by atoms with Crippen molar-refractivity contribution < 1.29 is 4.92 Å². The van der Waals surface area contributed by atoms with Gasteiger partial charge in [0.1, 0.15) is 6.07 Å². The van der Waals surface area contributed by atoms with Crippen molar-refractivity contribution in [1.29, 1.82) is 5.26 Å². The third-order valence-electron chi connectivity index (χ3n) is 3.95. The van der Waals surface area contributed by atoms with Crippen LogP contribution in [0.2, 0.25) is 0 Å². The molecular formula is C14H18N4O2. The van der Waals surface area contributed by atoms with Crippen LogP contribution in [0.15, 0.2) is 12.3 Å². The minimum absolute atomic E-state index is 0.121. The summed E-state index contributed by atoms with van der Waals surface area (Å²) in [5.74, 6) is 0.806. The van der Waals surface area contributed by atoms with E-state index in [0.717, 1.165) is 25.7 Å². The van der Waals surface area contributed by atoms with E-state index in [2.05, 4.69) is 17.2 Å². The van der Waals surface area contributed by atoms with Gasteiger partial charge in [0.2, 0.25) is 5.82 Å². The topological polar surface area (TPSA) is 91.8 Å². The van der Waals surface area contributed by atoms with E-state index >= 15 is 0 Å². The van der Waals surface area contributed by atoms with Crippen LogP contribution >= 0.6 is 0 Å². The molecule has 1 aromatic rings. The fourth-order valence-electron chi connectivity index (χ4n) is 2.83. The first-order chi connectivity index (χ1) is 9.65. The highest BCUT2D eigenvalue weighted by molar-refractivity contribution is 5.58. The number of nitrogens with zero attached hydrogens (tertiary/aromatic N) is 3. The van der Waals surface area contributed by atoms with E-state index < -0.39 is 4.92 Å². The minimum atomic E-state index is -0.486. The van der Waals surface area contributed by atoms with Crippen LogP contribution in [0, 0.1) is 27.4 Å². The van der Waals surface area contributed by atoms with E-state index in [4.69, 9.17) is 5.26 Å². The fourth-order valence-corrected chi connectivity index (χ4v) is 2.83. The Labute approximate surface area is 118 Å². The number of nitro groups is 1. The quantitative estimate of drug-likeness (QED) is 0.672. The molecule has 106 valence electrons. The largest absolute Gasteiger partial charge is 0.361 e. The fraction of sp³-hybridized carbons (Fsp3) is 0.571. The molecule has 1 fully saturated rings. The number of hydrogen-bond acceptors (Lipinski definition) is 5. The molecule has 2 rings (SSSR count). The molecule has 2 unspecified atom stereocenters. The first kappa shape index (κ1) is 14.3. The van der Waals surface area contributed by atoms with Crippen LogP contribution in [-0.4, -0.2) is 15.9 Å². The Morgan fingerprint density at radius 3 is 2.95 bits per heavy atom. The van der Waals surface area contributed by atoms with Gasteiger partial charge >= 0.3 is 5.69 Å². The van der Waals surface area contributed by atoms with Gasteiger partial charge in [-0.15, -0.1) is 0 Å². The maximum atomic E-state index is 11.1. The van der Waals surface area contributed by atoms with E-state index in [1.807, 2.05) is 6.07 Å². The molecule has 1 saturated carbocycles. The van der Waals surface area contributed by atoms with Crippen molar-refractivity contribution in [2.45, 2.75) is 45.1 Å². The van der Waals surface area contributed by atoms with Gasteiger partial charge in [-0.3, -0.25) is 10.1 Å². The van der Waals surface area contributed by atoms with Crippen molar-refractivity contribution in [2.24, 2.45) is 5.92 Å². The molecule has 20 heavy (non-hydrogen) atoms. The molecule has 0 aromatic carbocycles. The highest BCUT2D eigenvalue weighted by Crippen LogP contribution is 2.31. The van der Waals surface area contributed by atoms with Gasteiger partial charge in [-0.1, -0.05) is 26.2 Å². The van der Waals surface area contributed by atoms with E-state index in [9.17, 15) is 10.1 Å². The number of aromatic nitrogens is 1. The van der Waals surface area contributed by atoms with E-state index in [-0.39, 0.29) is 23.1 Å². The summed E-state index contributed by atoms with van der Waals surface area (Å²) >= 11 is 0. The molecular weight excluding hydrogens is 256 g/mol. The van der Waals surface area contributed by atoms with Crippen molar-refractivity contribution in [2.75, 3.05) is 5.32 Å². The zero-order chi connectivity index (χ0) is 14.5. The molecule has 1 heterocycles. The number of pyridine rings is 1. The molecule has 1 aliphatic rings. The average molecular weight is 274 g/mol. The lowest BCUT2D eigenvalue weighted by Gasteiger charge is -2.31. The summed E-state index contributed by atoms with van der Waals surface area (Å²) in [4.78, 5) is 14.7. The van der Waals surface area contributed by atoms with Gasteiger partial charge in [0.05, 0.1) is 10.5 Å². The second kappa shape index (κ2) is 6.33. The SMILES string of the molecule is CCC1CCCCC1Nc1ncc(C#N)cc1[N+](=O)[O-]. The summed E-state index contributed by atoms with van der Waals surface area (Å²) < 4.78 is 0. The summed E-state index contributed by atoms with van der Waals surface area (Å²) in [6.45, 7) is 2.14. The van der Waals surface area contributed by atoms with Gasteiger partial charge in [-0.05, 0) is 18.8 Å². The van der Waals surface area contributed by atoms with Crippen LogP contribution in [0.5, 0.6) is 0 Å². The molecule has 1 aliphatic carbocycles. The molecule has 6 heteroatoms. The van der Waals surface area contributed by atoms with Crippen molar-refractivity contribution in [3.63, 3.8) is 0 Å². The number of nitrogens with one attached hydrogen (secondary N) is 1. The molecule has 0 radical (unpaired) electrons. The monoisotopic (exact) mass is 274 g/mol. The zero-order valence-electron chi connectivity index (χ0n) is 11.5. The standard InChI is InChI=1S/C14H18N4O2/c1-2-11-5-3-4-6-12(11)17-14-13(18(19)20)7-10(8-15)9-16-14/h7,9,11-12H,2-6H2,1H3,(H,16,17). The highest BCUT2D eigenvalue weighted by Gasteiger charge is 2.26. The molecule has 0 aliphatic heterocycles. The Morgan fingerprint density at radius 1 is 1.55 bits per heavy atom. The van der Waals surface area contributed by atoms with Crippen molar-refractivity contribution in [1.82, 2.24) is 4.98 Å². The lowest BCUT2D eigenvalue weighted by atomic mass is 9.83. The maximum Gasteiger partial charge on any atom is 0.312 e. The van der Waals surface area contributed by atoms with Gasteiger partial charge in [0.25, 0.3) is 0 Å². The third kappa shape index (κ3) is 3.05. The zero-order valence-corrected chi connectivity index (χ0v) is 11.5. The Hall–Kier alpha value is -2.16. The summed E-state index contributed by atoms with van der Waals surface area (Å²) in [6, 6.07) is 3.38. The van der Waals surface area contributed by atoms with Gasteiger partial charge in [0.15, 0.2) is 0 Å². The molecule has 2 atom stereocenters. The number of anilines is 1. The second-order valence-electron chi connectivity index (χ2n) is 5.16. The molecule has 1 N–H and O–H groups in total. The Morgan fingerprint density at radius 2 is 2.30 bits per heavy atom. The van der Waals surface area contributed by atoms with E-state index in [1.54, 1.807) is 0 Å². The number of rotatable bonds is 4. The van der Waals surface area contributed by atoms with Gasteiger partial charge in [0, 0.05) is 18.3 Å². The van der Waals surface area contributed by atoms with Crippen LogP contribution in [0.4, 0.5) is 11.5 Å². The lowest BCUT2D eigenvalue weighted by molar-refractivity contribution is -0.384. The van der Waals surface area contributed by atoms with Crippen LogP contribution in [0.25, 0.3) is 0 Å². The second-order valence-corrected chi connectivity index (χ2v) is 5.16. The summed E-state index contributed by atoms with van der Waals surface area (Å²) in [5, 5.41) is 23.1. The average Bonchev–Trinajstić information content (AvgIpc) is 2.48. The Bertz CT molecular complexity index is 538. The summed E-state index contributed by atoms with van der Waals surface area (Å²) in [6.07, 6.45) is 6.95. The van der Waals surface area contributed by atoms with Crippen molar-refractivity contribution in [3.05, 3.63) is 27.9 Å². The summed E-state index contributed by atoms with van der Waals surface area (Å²) in [7, 11) is 0. The normalized spacial score (nSPS) is 22.0. The smallest absolute Gasteiger partial charge is 0.312 e. The van der Waals surface area contributed by atoms with Crippen LogP contribution in [-0.2, 0) is 0 Å². The number of hydrogen-bond donors (Lipinski definition) is 1. The van der Waals surface area contributed by atoms with Crippen molar-refractivity contribution >= 4 is 11.5 Å². The molecule has 0 spiro atoms. The summed E-state index contributed by atoms with van der Waals surface area (Å²) in [5.41, 5.74) is 0.0856. The van der Waals surface area contributed by atoms with Crippen LogP contribution < -0.4 is 5.32 Å². The van der Waals surface area contributed by atoms with Gasteiger partial charge in [-0.25, -0.2) is 4.98 Å². The first-order valence-corrected chi connectivity index (χ1v) is 6.96.